The van der Waals surface area contributed by atoms with Gasteiger partial charge in [0.1, 0.15) is 12.4 Å². The Balaban J connectivity index is 1.43. The van der Waals surface area contributed by atoms with Gasteiger partial charge in [-0.25, -0.2) is 0 Å². The van der Waals surface area contributed by atoms with Gasteiger partial charge in [-0.3, -0.25) is 14.6 Å². The second-order valence-corrected chi connectivity index (χ2v) is 6.50. The maximum absolute atomic E-state index is 12.6. The zero-order valence-electron chi connectivity index (χ0n) is 15.4. The van der Waals surface area contributed by atoms with Gasteiger partial charge >= 0.3 is 0 Å². The minimum atomic E-state index is -0.565. The van der Waals surface area contributed by atoms with E-state index in [2.05, 4.69) is 15.3 Å². The molecule has 0 saturated heterocycles. The average Bonchev–Trinajstić information content (AvgIpc) is 3.20. The molecule has 144 valence electrons. The quantitative estimate of drug-likeness (QED) is 0.471. The third kappa shape index (κ3) is 4.24. The highest BCUT2D eigenvalue weighted by molar-refractivity contribution is 6.06. The summed E-state index contributed by atoms with van der Waals surface area (Å²) >= 11 is 0. The molecule has 0 fully saturated rings. The first-order chi connectivity index (χ1) is 14.1. The van der Waals surface area contributed by atoms with Crippen LogP contribution in [-0.2, 0) is 6.61 Å². The minimum Gasteiger partial charge on any atom is -0.487 e. The highest BCUT2D eigenvalue weighted by Crippen LogP contribution is 2.18. The number of fused-ring (bicyclic) bond motifs is 1. The maximum atomic E-state index is 12.6. The lowest BCUT2D eigenvalue weighted by Crippen LogP contribution is -2.12. The van der Waals surface area contributed by atoms with Crippen LogP contribution in [0.5, 0.6) is 5.75 Å². The van der Waals surface area contributed by atoms with E-state index in [0.717, 1.165) is 16.5 Å². The zero-order chi connectivity index (χ0) is 20.2. The van der Waals surface area contributed by atoms with E-state index < -0.39 is 5.91 Å². The van der Waals surface area contributed by atoms with Crippen molar-refractivity contribution in [1.82, 2.24) is 9.97 Å². The van der Waals surface area contributed by atoms with Crippen molar-refractivity contribution in [2.45, 2.75) is 6.61 Å². The Morgan fingerprint density at radius 1 is 1.03 bits per heavy atom. The third-order valence-electron chi connectivity index (χ3n) is 4.41. The van der Waals surface area contributed by atoms with E-state index in [9.17, 15) is 9.59 Å². The van der Waals surface area contributed by atoms with Crippen molar-refractivity contribution in [2.24, 2.45) is 5.73 Å². The summed E-state index contributed by atoms with van der Waals surface area (Å²) in [6.07, 6.45) is 4.73. The molecule has 0 aliphatic carbocycles. The zero-order valence-corrected chi connectivity index (χ0v) is 15.4. The van der Waals surface area contributed by atoms with E-state index in [1.807, 2.05) is 48.7 Å². The summed E-state index contributed by atoms with van der Waals surface area (Å²) < 4.78 is 5.68. The topological polar surface area (TPSA) is 110 Å². The molecule has 0 aliphatic heterocycles. The molecule has 0 radical (unpaired) electrons. The van der Waals surface area contributed by atoms with E-state index in [1.165, 1.54) is 18.5 Å². The Hall–Kier alpha value is -4.13. The van der Waals surface area contributed by atoms with Gasteiger partial charge in [0, 0.05) is 29.2 Å². The number of nitrogens with zero attached hydrogens (tertiary/aromatic N) is 1. The van der Waals surface area contributed by atoms with Gasteiger partial charge in [-0.05, 0) is 47.3 Å². The number of pyridine rings is 1. The number of H-pyrrole nitrogens is 1. The minimum absolute atomic E-state index is 0.196. The number of rotatable bonds is 6. The second-order valence-electron chi connectivity index (χ2n) is 6.50. The molecule has 2 aromatic heterocycles. The first-order valence-corrected chi connectivity index (χ1v) is 8.93. The van der Waals surface area contributed by atoms with Crippen LogP contribution in [0.4, 0.5) is 5.69 Å². The number of amides is 2. The number of ether oxygens (including phenoxy) is 1. The molecule has 0 bridgehead atoms. The Morgan fingerprint density at radius 2 is 1.93 bits per heavy atom. The second kappa shape index (κ2) is 7.85. The maximum Gasteiger partial charge on any atom is 0.255 e. The van der Waals surface area contributed by atoms with Gasteiger partial charge in [-0.1, -0.05) is 18.2 Å². The Morgan fingerprint density at radius 3 is 2.79 bits per heavy atom. The molecule has 4 rings (SSSR count). The molecule has 0 saturated carbocycles. The first-order valence-electron chi connectivity index (χ1n) is 8.93. The Bertz CT molecular complexity index is 1200. The third-order valence-corrected chi connectivity index (χ3v) is 4.41. The average molecular weight is 386 g/mol. The van der Waals surface area contributed by atoms with Gasteiger partial charge in [0.2, 0.25) is 5.91 Å². The van der Waals surface area contributed by atoms with E-state index in [-0.39, 0.29) is 18.1 Å². The number of aromatic nitrogens is 2. The van der Waals surface area contributed by atoms with Crippen LogP contribution in [-0.4, -0.2) is 21.8 Å². The standard InChI is InChI=1S/C22H18N4O3/c23-21(27)17-9-19(12-24-11-17)29-13-14-2-1-3-18(8-14)26-22(28)16-5-4-15-6-7-25-20(15)10-16/h1-12,25H,13H2,(H2,23,27)(H,26,28). The van der Waals surface area contributed by atoms with Crippen LogP contribution in [0.15, 0.2) is 73.2 Å². The molecule has 4 N–H and O–H groups in total. The molecular weight excluding hydrogens is 368 g/mol. The van der Waals surface area contributed by atoms with E-state index >= 15 is 0 Å². The molecule has 0 spiro atoms. The van der Waals surface area contributed by atoms with Gasteiger partial charge in [-0.2, -0.15) is 0 Å². The summed E-state index contributed by atoms with van der Waals surface area (Å²) in [5.74, 6) is -0.321. The molecule has 0 atom stereocenters. The number of primary amides is 1. The molecule has 0 unspecified atom stereocenters. The number of nitrogens with one attached hydrogen (secondary N) is 2. The Labute approximate surface area is 166 Å². The van der Waals surface area contributed by atoms with Crippen molar-refractivity contribution < 1.29 is 14.3 Å². The molecule has 29 heavy (non-hydrogen) atoms. The van der Waals surface area contributed by atoms with Crippen molar-refractivity contribution >= 4 is 28.4 Å². The van der Waals surface area contributed by atoms with Gasteiger partial charge in [0.15, 0.2) is 0 Å². The van der Waals surface area contributed by atoms with Crippen LogP contribution in [0.3, 0.4) is 0 Å². The summed E-state index contributed by atoms with van der Waals surface area (Å²) in [6, 6.07) is 16.4. The van der Waals surface area contributed by atoms with Crippen LogP contribution in [0, 0.1) is 0 Å². The summed E-state index contributed by atoms with van der Waals surface area (Å²) in [7, 11) is 0. The number of hydrogen-bond acceptors (Lipinski definition) is 4. The van der Waals surface area contributed by atoms with Gasteiger partial charge in [-0.15, -0.1) is 0 Å². The van der Waals surface area contributed by atoms with Crippen LogP contribution in [0.25, 0.3) is 10.9 Å². The lowest BCUT2D eigenvalue weighted by atomic mass is 10.1. The molecule has 2 heterocycles. The number of carbonyl (C=O) groups is 2. The fourth-order valence-corrected chi connectivity index (χ4v) is 2.93. The number of hydrogen-bond donors (Lipinski definition) is 3. The van der Waals surface area contributed by atoms with Crippen molar-refractivity contribution in [3.8, 4) is 5.75 Å². The van der Waals surface area contributed by atoms with Gasteiger partial charge < -0.3 is 20.8 Å². The first kappa shape index (κ1) is 18.2. The van der Waals surface area contributed by atoms with Crippen molar-refractivity contribution in [3.63, 3.8) is 0 Å². The molecule has 0 aliphatic rings. The monoisotopic (exact) mass is 386 g/mol. The number of benzene rings is 2. The molecule has 2 amide bonds. The van der Waals surface area contributed by atoms with Crippen LogP contribution in [0.1, 0.15) is 26.3 Å². The SMILES string of the molecule is NC(=O)c1cncc(OCc2cccc(NC(=O)c3ccc4cc[nH]c4c3)c2)c1. The molecule has 4 aromatic rings. The fourth-order valence-electron chi connectivity index (χ4n) is 2.93. The molecule has 2 aromatic carbocycles. The highest BCUT2D eigenvalue weighted by Gasteiger charge is 2.08. The van der Waals surface area contributed by atoms with Crippen molar-refractivity contribution in [1.29, 1.82) is 0 Å². The van der Waals surface area contributed by atoms with Crippen molar-refractivity contribution in [3.05, 3.63) is 89.9 Å². The van der Waals surface area contributed by atoms with Crippen LogP contribution >= 0.6 is 0 Å². The molecule has 7 heteroatoms. The smallest absolute Gasteiger partial charge is 0.255 e. The number of aromatic amines is 1. The number of anilines is 1. The van der Waals surface area contributed by atoms with Gasteiger partial charge in [0.25, 0.3) is 5.91 Å². The lowest BCUT2D eigenvalue weighted by molar-refractivity contribution is 0.0997. The van der Waals surface area contributed by atoms with Crippen LogP contribution in [0.2, 0.25) is 0 Å². The van der Waals surface area contributed by atoms with E-state index in [1.54, 1.807) is 6.07 Å². The predicted molar refractivity (Wildman–Crippen MR) is 110 cm³/mol. The largest absolute Gasteiger partial charge is 0.487 e. The van der Waals surface area contributed by atoms with Crippen molar-refractivity contribution in [2.75, 3.05) is 5.32 Å². The van der Waals surface area contributed by atoms with E-state index in [0.29, 0.717) is 17.0 Å². The normalized spacial score (nSPS) is 10.6. The molecule has 7 nitrogen and oxygen atoms in total. The van der Waals surface area contributed by atoms with Gasteiger partial charge in [0.05, 0.1) is 11.8 Å². The van der Waals surface area contributed by atoms with Crippen LogP contribution < -0.4 is 15.8 Å². The fraction of sp³-hybridized carbons (Fsp3) is 0.0455. The highest BCUT2D eigenvalue weighted by atomic mass is 16.5. The lowest BCUT2D eigenvalue weighted by Gasteiger charge is -2.09. The summed E-state index contributed by atoms with van der Waals surface area (Å²) in [4.78, 5) is 30.8. The number of carbonyl (C=O) groups excluding carboxylic acids is 2. The predicted octanol–water partition coefficient (Wildman–Crippen LogP) is 3.49. The summed E-state index contributed by atoms with van der Waals surface area (Å²) in [5, 5.41) is 3.95. The van der Waals surface area contributed by atoms with E-state index in [4.69, 9.17) is 10.5 Å². The Kier molecular flexibility index (Phi) is 4.94. The molecular formula is C22H18N4O3. The number of nitrogens with two attached hydrogens (primary N) is 1. The summed E-state index contributed by atoms with van der Waals surface area (Å²) in [5.41, 5.74) is 8.52. The summed E-state index contributed by atoms with van der Waals surface area (Å²) in [6.45, 7) is 0.252.